The zero-order valence-electron chi connectivity index (χ0n) is 16.0. The van der Waals surface area contributed by atoms with Crippen LogP contribution >= 0.6 is 0 Å². The van der Waals surface area contributed by atoms with Crippen molar-refractivity contribution in [3.05, 3.63) is 76.1 Å². The van der Waals surface area contributed by atoms with Gasteiger partial charge in [0.15, 0.2) is 0 Å². The van der Waals surface area contributed by atoms with E-state index >= 15 is 0 Å². The summed E-state index contributed by atoms with van der Waals surface area (Å²) in [5.41, 5.74) is -12.2. The summed E-state index contributed by atoms with van der Waals surface area (Å²) < 4.78 is 8.85. The first-order valence-electron chi connectivity index (χ1n) is 8.75. The summed E-state index contributed by atoms with van der Waals surface area (Å²) in [4.78, 5) is 96.1. The Morgan fingerprint density at radius 1 is 0.529 bits per heavy atom. The Kier molecular flexibility index (Phi) is 4.53. The van der Waals surface area contributed by atoms with Crippen LogP contribution in [0.3, 0.4) is 0 Å². The number of furan rings is 2. The minimum absolute atomic E-state index is 0.460. The Bertz CT molecular complexity index is 1840. The van der Waals surface area contributed by atoms with E-state index in [0.29, 0.717) is 6.07 Å². The Morgan fingerprint density at radius 3 is 1.56 bits per heavy atom. The van der Waals surface area contributed by atoms with Gasteiger partial charge in [0.1, 0.15) is 0 Å². The normalized spacial score (nSPS) is 11.2. The average molecular weight is 470 g/mol. The third-order valence-electron chi connectivity index (χ3n) is 5.02. The van der Waals surface area contributed by atoms with Crippen LogP contribution in [-0.2, 0) is 0 Å². The summed E-state index contributed by atoms with van der Waals surface area (Å²) in [6.45, 7) is 0. The maximum Gasteiger partial charge on any atom is 0.347 e. The molecule has 0 saturated carbocycles. The number of fused-ring (bicyclic) bond motifs is 3. The molecule has 0 atom stereocenters. The van der Waals surface area contributed by atoms with Crippen molar-refractivity contribution >= 4 is 45.4 Å². The second-order valence-corrected chi connectivity index (χ2v) is 6.77. The third-order valence-corrected chi connectivity index (χ3v) is 5.02. The van der Waals surface area contributed by atoms with E-state index in [1.807, 2.05) is 0 Å². The van der Waals surface area contributed by atoms with Crippen LogP contribution in [0.25, 0.3) is 32.7 Å². The molecule has 2 heterocycles. The molecule has 170 valence electrons. The summed E-state index contributed by atoms with van der Waals surface area (Å²) in [5, 5.41) is 35.3. The predicted octanol–water partition coefficient (Wildman–Crippen LogP) is -0.0448. The molecule has 0 aliphatic carbocycles. The van der Waals surface area contributed by atoms with Crippen molar-refractivity contribution in [1.82, 2.24) is 0 Å². The highest BCUT2D eigenvalue weighted by atomic mass is 16.4. The highest BCUT2D eigenvalue weighted by Gasteiger charge is 2.34. The molecular formula is C20H6O14. The van der Waals surface area contributed by atoms with Crippen LogP contribution in [-0.4, -0.2) is 44.3 Å². The third kappa shape index (κ3) is 2.82. The van der Waals surface area contributed by atoms with Crippen LogP contribution in [0.15, 0.2) is 40.1 Å². The number of carboxylic acids is 4. The van der Waals surface area contributed by atoms with Gasteiger partial charge in [-0.15, -0.1) is 0 Å². The highest BCUT2D eigenvalue weighted by Crippen LogP contribution is 2.36. The molecule has 0 aliphatic heterocycles. The van der Waals surface area contributed by atoms with Crippen molar-refractivity contribution < 1.29 is 48.4 Å². The van der Waals surface area contributed by atoms with Gasteiger partial charge in [-0.3, -0.25) is 0 Å². The Morgan fingerprint density at radius 2 is 1.03 bits per heavy atom. The van der Waals surface area contributed by atoms with Gasteiger partial charge in [0.05, 0.1) is 43.8 Å². The van der Waals surface area contributed by atoms with E-state index in [2.05, 4.69) is 8.83 Å². The van der Waals surface area contributed by atoms with Crippen LogP contribution in [0, 0.1) is 0 Å². The zero-order chi connectivity index (χ0) is 25.2. The number of carboxylic acid groups (broad SMARTS) is 4. The van der Waals surface area contributed by atoms with Crippen molar-refractivity contribution in [2.45, 2.75) is 0 Å². The summed E-state index contributed by atoms with van der Waals surface area (Å²) in [5.74, 6) is -8.22. The van der Waals surface area contributed by atoms with E-state index in [0.717, 1.165) is 6.07 Å². The van der Waals surface area contributed by atoms with Gasteiger partial charge < -0.3 is 29.3 Å². The second-order valence-electron chi connectivity index (χ2n) is 6.77. The maximum atomic E-state index is 12.4. The lowest BCUT2D eigenvalue weighted by Crippen LogP contribution is -2.20. The number of carbonyl (C=O) groups is 4. The molecule has 2 aromatic heterocycles. The molecule has 4 rings (SSSR count). The van der Waals surface area contributed by atoms with Gasteiger partial charge in [-0.25, -0.2) is 38.4 Å². The van der Waals surface area contributed by atoms with Crippen LogP contribution in [0.1, 0.15) is 41.4 Å². The first-order chi connectivity index (χ1) is 15.9. The van der Waals surface area contributed by atoms with Crippen molar-refractivity contribution in [1.29, 1.82) is 0 Å². The van der Waals surface area contributed by atoms with Crippen LogP contribution in [0.5, 0.6) is 0 Å². The molecule has 0 amide bonds. The van der Waals surface area contributed by atoms with Crippen molar-refractivity contribution in [3.63, 3.8) is 0 Å². The summed E-state index contributed by atoms with van der Waals surface area (Å²) >= 11 is 0. The number of rotatable bonds is 5. The van der Waals surface area contributed by atoms with E-state index in [1.54, 1.807) is 0 Å². The average Bonchev–Trinajstić information content (AvgIpc) is 3.19. The topological polar surface area (TPSA) is 244 Å². The molecule has 34 heavy (non-hydrogen) atoms. The van der Waals surface area contributed by atoms with E-state index in [1.165, 1.54) is 0 Å². The van der Waals surface area contributed by atoms with Crippen molar-refractivity contribution in [3.8, 4) is 11.1 Å². The highest BCUT2D eigenvalue weighted by molar-refractivity contribution is 6.20. The first kappa shape index (κ1) is 21.8. The summed E-state index contributed by atoms with van der Waals surface area (Å²) in [6, 6.07) is 1.18. The number of benzene rings is 2. The molecule has 0 radical (unpaired) electrons. The molecule has 0 unspecified atom stereocenters. The van der Waals surface area contributed by atoms with Crippen molar-refractivity contribution in [2.75, 3.05) is 0 Å². The minimum atomic E-state index is -2.13. The van der Waals surface area contributed by atoms with Gasteiger partial charge in [0.2, 0.25) is 0 Å². The van der Waals surface area contributed by atoms with E-state index in [-0.39, 0.29) is 0 Å². The molecule has 14 nitrogen and oxygen atoms in total. The van der Waals surface area contributed by atoms with Gasteiger partial charge in [-0.2, -0.15) is 0 Å². The number of aromatic carboxylic acids is 4. The molecule has 0 bridgehead atoms. The van der Waals surface area contributed by atoms with E-state index < -0.39 is 101 Å². The second kappa shape index (κ2) is 7.06. The molecule has 0 saturated heterocycles. The SMILES string of the molecule is O=C(O)c1cc(-c2cc3c(=O)oc(=O)c3c3c(=O)oc(=O)c23)c(C(=O)O)c(C(=O)O)c1C(=O)O. The van der Waals surface area contributed by atoms with E-state index in [9.17, 15) is 58.8 Å². The number of hydrogen-bond acceptors (Lipinski definition) is 10. The smallest absolute Gasteiger partial charge is 0.347 e. The van der Waals surface area contributed by atoms with Crippen LogP contribution < -0.4 is 22.5 Å². The molecule has 4 N–H and O–H groups in total. The van der Waals surface area contributed by atoms with E-state index in [4.69, 9.17) is 0 Å². The van der Waals surface area contributed by atoms with Gasteiger partial charge in [-0.05, 0) is 23.3 Å². The number of hydrogen-bond donors (Lipinski definition) is 4. The largest absolute Gasteiger partial charge is 0.478 e. The molecule has 0 fully saturated rings. The van der Waals surface area contributed by atoms with Crippen molar-refractivity contribution in [2.24, 2.45) is 0 Å². The van der Waals surface area contributed by atoms with Gasteiger partial charge in [-0.1, -0.05) is 0 Å². The minimum Gasteiger partial charge on any atom is -0.478 e. The Balaban J connectivity index is 2.40. The molecule has 14 heteroatoms. The fourth-order valence-electron chi connectivity index (χ4n) is 3.78. The Labute approximate surface area is 181 Å². The van der Waals surface area contributed by atoms with Gasteiger partial charge in [0.25, 0.3) is 0 Å². The monoisotopic (exact) mass is 470 g/mol. The molecule has 4 aromatic rings. The van der Waals surface area contributed by atoms with Crippen LogP contribution in [0.4, 0.5) is 0 Å². The standard InChI is InChI=1S/C20H6O14/c21-13(22)5-1-3(7(14(23)24)11(16(27)28)8(5)15(25)26)4-2-6-10(19(31)33-17(6)29)12-9(4)18(30)34-20(12)32/h1-2H,(H,21,22)(H,23,24)(H,25,26)(H,27,28). The zero-order valence-corrected chi connectivity index (χ0v) is 16.0. The Hall–Kier alpha value is -5.40. The quantitative estimate of drug-likeness (QED) is 0.299. The molecule has 2 aromatic carbocycles. The summed E-state index contributed by atoms with van der Waals surface area (Å²) in [7, 11) is 0. The lowest BCUT2D eigenvalue weighted by molar-refractivity contribution is 0.0620. The van der Waals surface area contributed by atoms with Gasteiger partial charge >= 0.3 is 46.4 Å². The fraction of sp³-hybridized carbons (Fsp3) is 0. The predicted molar refractivity (Wildman–Crippen MR) is 107 cm³/mol. The fourth-order valence-corrected chi connectivity index (χ4v) is 3.78. The maximum absolute atomic E-state index is 12.4. The first-order valence-corrected chi connectivity index (χ1v) is 8.75. The van der Waals surface area contributed by atoms with Gasteiger partial charge in [0, 0.05) is 0 Å². The molecular weight excluding hydrogens is 464 g/mol. The molecule has 0 spiro atoms. The summed E-state index contributed by atoms with van der Waals surface area (Å²) in [6.07, 6.45) is 0. The molecule has 0 aliphatic rings. The van der Waals surface area contributed by atoms with Crippen LogP contribution in [0.2, 0.25) is 0 Å². The lowest BCUT2D eigenvalue weighted by Gasteiger charge is -2.15. The lowest BCUT2D eigenvalue weighted by atomic mass is 9.86.